The van der Waals surface area contributed by atoms with Crippen LogP contribution in [0.2, 0.25) is 0 Å². The van der Waals surface area contributed by atoms with Gasteiger partial charge in [-0.15, -0.1) is 23.0 Å². The van der Waals surface area contributed by atoms with Crippen LogP contribution >= 0.6 is 0 Å². The topological polar surface area (TPSA) is 478 Å². The first kappa shape index (κ1) is 115. The van der Waals surface area contributed by atoms with Crippen molar-refractivity contribution in [3.8, 4) is 35.1 Å². The average molecular weight is 1490 g/mol. The molecular formula is C60H84N10Ni5O16+4. The number of nitrogens with one attached hydrogen (secondary N) is 4. The van der Waals surface area contributed by atoms with Crippen LogP contribution in [0.25, 0.3) is 0 Å². The van der Waals surface area contributed by atoms with Gasteiger partial charge in [0.05, 0.1) is 12.1 Å². The van der Waals surface area contributed by atoms with Crippen LogP contribution in [0.4, 0.5) is 0 Å². The van der Waals surface area contributed by atoms with Crippen LogP contribution < -0.4 is 72.3 Å². The molecule has 0 heterocycles. The van der Waals surface area contributed by atoms with Crippen molar-refractivity contribution in [1.82, 2.24) is 21.3 Å². The van der Waals surface area contributed by atoms with E-state index in [9.17, 15) is 20.4 Å². The van der Waals surface area contributed by atoms with Crippen molar-refractivity contribution >= 4 is 60.7 Å². The Morgan fingerprint density at radius 2 is 0.484 bits per heavy atom. The summed E-state index contributed by atoms with van der Waals surface area (Å²) in [7, 11) is 7.65. The number of hydrogen-bond acceptors (Lipinski definition) is 26. The number of aliphatic carboxylic acids is 6. The molecule has 4 aromatic carbocycles. The Morgan fingerprint density at radius 3 is 0.593 bits per heavy atom. The van der Waals surface area contributed by atoms with Crippen molar-refractivity contribution in [3.05, 3.63) is 119 Å². The third-order valence-corrected chi connectivity index (χ3v) is 7.45. The Kier molecular flexibility index (Phi) is 118. The molecule has 0 bridgehead atoms. The zero-order valence-corrected chi connectivity index (χ0v) is 57.8. The van der Waals surface area contributed by atoms with E-state index >= 15 is 0 Å². The molecule has 91 heavy (non-hydrogen) atoms. The van der Waals surface area contributed by atoms with Crippen LogP contribution in [0.15, 0.2) is 117 Å². The van der Waals surface area contributed by atoms with E-state index in [4.69, 9.17) is 69.9 Å². The molecule has 0 aliphatic rings. The second-order valence-electron chi connectivity index (χ2n) is 15.5. The minimum Gasteiger partial charge on any atom is -0.872 e. The van der Waals surface area contributed by atoms with Gasteiger partial charge in [0.15, 0.2) is 0 Å². The second-order valence-corrected chi connectivity index (χ2v) is 15.5. The fourth-order valence-electron chi connectivity index (χ4n) is 4.39. The predicted octanol–water partition coefficient (Wildman–Crippen LogP) is -3.26. The van der Waals surface area contributed by atoms with E-state index in [0.29, 0.717) is 22.3 Å². The molecule has 0 amide bonds. The van der Waals surface area contributed by atoms with E-state index in [2.05, 4.69) is 41.2 Å². The number of hydrogen-bond donors (Lipinski definition) is 4. The zero-order valence-electron chi connectivity index (χ0n) is 52.8. The van der Waals surface area contributed by atoms with Crippen LogP contribution in [0.3, 0.4) is 0 Å². The number of nitrogens with zero attached hydrogens (tertiary/aromatic N) is 6. The van der Waals surface area contributed by atoms with Crippen LogP contribution in [-0.4, -0.2) is 141 Å². The molecule has 0 atom stereocenters. The molecule has 0 fully saturated rings. The summed E-state index contributed by atoms with van der Waals surface area (Å²) in [4.78, 5) is 70.0. The molecule has 0 aliphatic heterocycles. The molecule has 4 N–H and O–H groups in total. The van der Waals surface area contributed by atoms with E-state index in [1.54, 1.807) is 110 Å². The first-order chi connectivity index (χ1) is 40.6. The van der Waals surface area contributed by atoms with E-state index in [1.807, 2.05) is 52.5 Å². The molecule has 0 aromatic heterocycles. The minimum atomic E-state index is -1.08. The summed E-state index contributed by atoms with van der Waals surface area (Å²) in [5, 5.41) is 125. The monoisotopic (exact) mass is 1490 g/mol. The first-order valence-corrected chi connectivity index (χ1v) is 25.9. The minimum absolute atomic E-state index is 0. The maximum Gasteiger partial charge on any atom is 3.00 e. The average Bonchev–Trinajstić information content (AvgIpc) is 3.42. The largest absolute Gasteiger partial charge is 3.00 e. The summed E-state index contributed by atoms with van der Waals surface area (Å²) < 4.78 is 0. The quantitative estimate of drug-likeness (QED) is 0.0383. The Bertz CT molecular complexity index is 2170. The SMILES string of the molecule is CC#N.CC#N.CC(=O)[O-].CC(=O)[O-].CC(=O)[O-].CC(=O)[O-].CC(=O)[O-].CC(=O)[O-].CNCCCN=Cc1ccccc1[O-].CNCCCN=Cc1ccccc1[O-].CNCCCN=Cc1ccccc1[O-].CNCCCN=Cc1ccccc1[O-].[Ni+2].[Ni+3].[Ni+3].[Ni+3].[Ni+3]. The number of rotatable bonds is 20. The molecule has 0 saturated heterocycles. The number of carboxylic acids is 6. The molecule has 0 unspecified atom stereocenters. The van der Waals surface area contributed by atoms with Gasteiger partial charge >= 0.3 is 82.5 Å². The zero-order chi connectivity index (χ0) is 67.8. The van der Waals surface area contributed by atoms with Gasteiger partial charge in [0.1, 0.15) is 0 Å². The van der Waals surface area contributed by atoms with Crippen molar-refractivity contribution in [3.63, 3.8) is 0 Å². The number of nitriles is 2. The van der Waals surface area contributed by atoms with Gasteiger partial charge in [-0.1, -0.05) is 97.1 Å². The molecule has 0 aliphatic carbocycles. The van der Waals surface area contributed by atoms with Gasteiger partial charge in [0.25, 0.3) is 0 Å². The number of benzene rings is 4. The standard InChI is InChI=1S/4C11H16N2O.2C2H3N.6C2H4O2.5Ni/c4*1-12-7-4-8-13-9-10-5-2-3-6-11(10)14;2*1-2-3;6*1-2(3)4;;;;;/h4*2-3,5-6,9,12,14H,4,7-8H2,1H3;2*1H3;6*1H3,(H,3,4);;;;;/q;;;;;;;;;;;;+2;4*+3/p-10. The third-order valence-electron chi connectivity index (χ3n) is 7.45. The van der Waals surface area contributed by atoms with Crippen molar-refractivity contribution in [2.45, 2.75) is 81.1 Å². The van der Waals surface area contributed by atoms with Gasteiger partial charge in [-0.2, -0.15) is 10.5 Å². The number of carbonyl (C=O) groups is 6. The molecule has 0 spiro atoms. The maximum absolute atomic E-state index is 11.2. The number of carbonyl (C=O) groups excluding carboxylic acids is 6. The van der Waals surface area contributed by atoms with Gasteiger partial charge in [0.2, 0.25) is 0 Å². The molecule has 4 radical (unpaired) electrons. The summed E-state index contributed by atoms with van der Waals surface area (Å²) in [6, 6.07) is 31.2. The van der Waals surface area contributed by atoms with E-state index < -0.39 is 35.8 Å². The van der Waals surface area contributed by atoms with E-state index in [-0.39, 0.29) is 105 Å². The van der Waals surface area contributed by atoms with Crippen molar-refractivity contribution in [2.75, 3.05) is 80.5 Å². The van der Waals surface area contributed by atoms with Gasteiger partial charge in [-0.05, 0) is 144 Å². The number of para-hydroxylation sites is 4. The number of carboxylic acid groups (broad SMARTS) is 6. The Hall–Kier alpha value is -7.13. The molecule has 516 valence electrons. The fraction of sp³-hybridized carbons (Fsp3) is 0.400. The van der Waals surface area contributed by atoms with Crippen LogP contribution in [0.5, 0.6) is 23.0 Å². The number of aliphatic imine (C=N–C) groups is 4. The second kappa shape index (κ2) is 94.0. The summed E-state index contributed by atoms with van der Waals surface area (Å²) in [6.07, 6.45) is 10.6. The summed E-state index contributed by atoms with van der Waals surface area (Å²) in [6.45, 7) is 15.5. The van der Waals surface area contributed by atoms with E-state index in [1.165, 1.54) is 13.8 Å². The van der Waals surface area contributed by atoms with Crippen LogP contribution in [0.1, 0.15) is 103 Å². The Morgan fingerprint density at radius 1 is 0.363 bits per heavy atom. The first-order valence-electron chi connectivity index (χ1n) is 25.9. The van der Waals surface area contributed by atoms with Gasteiger partial charge < -0.3 is 101 Å². The fourth-order valence-corrected chi connectivity index (χ4v) is 4.39. The van der Waals surface area contributed by atoms with Crippen LogP contribution in [-0.2, 0) is 111 Å². The normalized spacial score (nSPS) is 8.55. The van der Waals surface area contributed by atoms with Crippen LogP contribution in [0, 0.1) is 22.7 Å². The molecule has 4 rings (SSSR count). The third kappa shape index (κ3) is 129. The summed E-state index contributed by atoms with van der Waals surface area (Å²) in [5.74, 6) is -6.37. The van der Waals surface area contributed by atoms with Gasteiger partial charge in [-0.25, -0.2) is 0 Å². The predicted molar refractivity (Wildman–Crippen MR) is 314 cm³/mol. The molecule has 4 aromatic rings. The maximum atomic E-state index is 11.2. The van der Waals surface area contributed by atoms with E-state index in [0.717, 1.165) is 120 Å². The Balaban J connectivity index is -0.0000000695. The summed E-state index contributed by atoms with van der Waals surface area (Å²) >= 11 is 0. The van der Waals surface area contributed by atoms with Gasteiger partial charge in [-0.3, -0.25) is 20.0 Å². The molecule has 26 nitrogen and oxygen atoms in total. The smallest absolute Gasteiger partial charge is 0.872 e. The molecule has 31 heteroatoms. The van der Waals surface area contributed by atoms with Gasteiger partial charge in [0, 0.05) is 101 Å². The van der Waals surface area contributed by atoms with Crippen molar-refractivity contribution in [1.29, 1.82) is 10.5 Å². The summed E-state index contributed by atoms with van der Waals surface area (Å²) in [5.41, 5.74) is 2.66. The molecular weight excluding hydrogens is 1410 g/mol. The van der Waals surface area contributed by atoms with Crippen molar-refractivity contribution < 1.29 is 162 Å². The molecule has 0 saturated carbocycles. The Labute approximate surface area is 587 Å². The van der Waals surface area contributed by atoms with Crippen molar-refractivity contribution in [2.24, 2.45) is 20.0 Å².